The molecule has 0 heterocycles. The second-order valence-corrected chi connectivity index (χ2v) is 3.91. The predicted octanol–water partition coefficient (Wildman–Crippen LogP) is 3.57. The van der Waals surface area contributed by atoms with Gasteiger partial charge in [0.05, 0.1) is 5.56 Å². The van der Waals surface area contributed by atoms with Crippen LogP contribution in [0.1, 0.15) is 15.9 Å². The zero-order valence-corrected chi connectivity index (χ0v) is 9.81. The summed E-state index contributed by atoms with van der Waals surface area (Å²) in [6, 6.07) is 8.98. The van der Waals surface area contributed by atoms with Crippen molar-refractivity contribution < 1.29 is 18.7 Å². The molecular weight excluding hydrogens is 250 g/mol. The standard InChI is InChI=1S/C15H10F2O2/c16-11-4-7-13(14(17)9-11)15(19)8-3-10-1-5-12(18)6-2-10/h1-9,18H/b8-3+. The van der Waals surface area contributed by atoms with E-state index in [1.165, 1.54) is 24.3 Å². The normalized spacial score (nSPS) is 10.8. The van der Waals surface area contributed by atoms with Crippen LogP contribution in [0.15, 0.2) is 48.5 Å². The number of halogens is 2. The summed E-state index contributed by atoms with van der Waals surface area (Å²) in [6.45, 7) is 0. The Morgan fingerprint density at radius 3 is 2.37 bits per heavy atom. The van der Waals surface area contributed by atoms with Crippen molar-refractivity contribution in [3.05, 3.63) is 71.3 Å². The van der Waals surface area contributed by atoms with Crippen molar-refractivity contribution >= 4 is 11.9 Å². The Hall–Kier alpha value is -2.49. The van der Waals surface area contributed by atoms with Gasteiger partial charge in [0.2, 0.25) is 0 Å². The second-order valence-electron chi connectivity index (χ2n) is 3.91. The minimum atomic E-state index is -0.889. The van der Waals surface area contributed by atoms with Gasteiger partial charge in [0.1, 0.15) is 17.4 Å². The molecule has 0 atom stereocenters. The first-order chi connectivity index (χ1) is 9.06. The summed E-state index contributed by atoms with van der Waals surface area (Å²) in [4.78, 5) is 11.7. The molecule has 0 unspecified atom stereocenters. The molecule has 2 aromatic carbocycles. The molecule has 2 rings (SSSR count). The first kappa shape index (κ1) is 13.0. The van der Waals surface area contributed by atoms with Gasteiger partial charge >= 0.3 is 0 Å². The summed E-state index contributed by atoms with van der Waals surface area (Å²) in [6.07, 6.45) is 2.69. The minimum absolute atomic E-state index is 0.119. The van der Waals surface area contributed by atoms with Crippen LogP contribution in [0.3, 0.4) is 0 Å². The average molecular weight is 260 g/mol. The number of phenolic OH excluding ortho intramolecular Hbond substituents is 1. The van der Waals surface area contributed by atoms with Gasteiger partial charge < -0.3 is 5.11 Å². The van der Waals surface area contributed by atoms with Gasteiger partial charge in [-0.15, -0.1) is 0 Å². The van der Waals surface area contributed by atoms with E-state index in [0.29, 0.717) is 11.6 Å². The Labute approximate surface area is 108 Å². The second kappa shape index (κ2) is 5.44. The molecule has 0 amide bonds. The summed E-state index contributed by atoms with van der Waals surface area (Å²) in [5, 5.41) is 9.10. The number of ketones is 1. The summed E-state index contributed by atoms with van der Waals surface area (Å²) in [5.41, 5.74) is 0.505. The number of aromatic hydroxyl groups is 1. The fourth-order valence-electron chi connectivity index (χ4n) is 1.54. The van der Waals surface area contributed by atoms with Crippen molar-refractivity contribution in [2.24, 2.45) is 0 Å². The van der Waals surface area contributed by atoms with Crippen LogP contribution in [-0.4, -0.2) is 10.9 Å². The molecular formula is C15H10F2O2. The van der Waals surface area contributed by atoms with E-state index in [1.54, 1.807) is 12.1 Å². The van der Waals surface area contributed by atoms with Crippen molar-refractivity contribution in [3.8, 4) is 5.75 Å². The smallest absolute Gasteiger partial charge is 0.188 e. The number of carbonyl (C=O) groups is 1. The summed E-state index contributed by atoms with van der Waals surface area (Å²) in [5.74, 6) is -2.05. The molecule has 0 bridgehead atoms. The Morgan fingerprint density at radius 1 is 1.05 bits per heavy atom. The lowest BCUT2D eigenvalue weighted by Crippen LogP contribution is -1.99. The number of phenols is 1. The van der Waals surface area contributed by atoms with E-state index < -0.39 is 17.4 Å². The van der Waals surface area contributed by atoms with Gasteiger partial charge in [0.25, 0.3) is 0 Å². The molecule has 2 aromatic rings. The highest BCUT2D eigenvalue weighted by Crippen LogP contribution is 2.13. The Morgan fingerprint density at radius 2 is 1.74 bits per heavy atom. The molecule has 1 N–H and O–H groups in total. The largest absolute Gasteiger partial charge is 0.508 e. The third-order valence-corrected chi connectivity index (χ3v) is 2.52. The van der Waals surface area contributed by atoms with Gasteiger partial charge in [-0.25, -0.2) is 8.78 Å². The molecule has 0 aromatic heterocycles. The number of hydrogen-bond acceptors (Lipinski definition) is 2. The molecule has 0 fully saturated rings. The zero-order valence-electron chi connectivity index (χ0n) is 9.81. The summed E-state index contributed by atoms with van der Waals surface area (Å²) >= 11 is 0. The molecule has 96 valence electrons. The van der Waals surface area contributed by atoms with E-state index in [9.17, 15) is 13.6 Å². The maximum Gasteiger partial charge on any atom is 0.188 e. The van der Waals surface area contributed by atoms with E-state index in [2.05, 4.69) is 0 Å². The monoisotopic (exact) mass is 260 g/mol. The number of carbonyl (C=O) groups excluding carboxylic acids is 1. The van der Waals surface area contributed by atoms with E-state index >= 15 is 0 Å². The number of benzene rings is 2. The van der Waals surface area contributed by atoms with E-state index in [0.717, 1.165) is 12.1 Å². The molecule has 4 heteroatoms. The third kappa shape index (κ3) is 3.25. The molecule has 0 radical (unpaired) electrons. The maximum atomic E-state index is 13.4. The number of rotatable bonds is 3. The lowest BCUT2D eigenvalue weighted by molar-refractivity contribution is 0.104. The first-order valence-corrected chi connectivity index (χ1v) is 5.53. The van der Waals surface area contributed by atoms with Crippen LogP contribution in [0, 0.1) is 11.6 Å². The Balaban J connectivity index is 2.18. The van der Waals surface area contributed by atoms with Crippen molar-refractivity contribution in [2.45, 2.75) is 0 Å². The van der Waals surface area contributed by atoms with Crippen LogP contribution in [0.25, 0.3) is 6.08 Å². The van der Waals surface area contributed by atoms with Crippen LogP contribution in [0.2, 0.25) is 0 Å². The maximum absolute atomic E-state index is 13.4. The minimum Gasteiger partial charge on any atom is -0.508 e. The first-order valence-electron chi connectivity index (χ1n) is 5.53. The molecule has 0 saturated heterocycles. The van der Waals surface area contributed by atoms with E-state index in [4.69, 9.17) is 5.11 Å². The van der Waals surface area contributed by atoms with Gasteiger partial charge in [0, 0.05) is 6.07 Å². The molecule has 2 nitrogen and oxygen atoms in total. The number of allylic oxidation sites excluding steroid dienone is 1. The van der Waals surface area contributed by atoms with E-state index in [-0.39, 0.29) is 11.3 Å². The van der Waals surface area contributed by atoms with Crippen LogP contribution in [-0.2, 0) is 0 Å². The summed E-state index contributed by atoms with van der Waals surface area (Å²) in [7, 11) is 0. The van der Waals surface area contributed by atoms with Crippen LogP contribution >= 0.6 is 0 Å². The molecule has 0 saturated carbocycles. The third-order valence-electron chi connectivity index (χ3n) is 2.52. The van der Waals surface area contributed by atoms with Crippen molar-refractivity contribution in [2.75, 3.05) is 0 Å². The molecule has 0 aliphatic carbocycles. The predicted molar refractivity (Wildman–Crippen MR) is 67.8 cm³/mol. The van der Waals surface area contributed by atoms with E-state index in [1.807, 2.05) is 0 Å². The fourth-order valence-corrected chi connectivity index (χ4v) is 1.54. The summed E-state index contributed by atoms with van der Waals surface area (Å²) < 4.78 is 26.1. The van der Waals surface area contributed by atoms with Gasteiger partial charge in [-0.1, -0.05) is 18.2 Å². The number of hydrogen-bond donors (Lipinski definition) is 1. The molecule has 0 spiro atoms. The van der Waals surface area contributed by atoms with Gasteiger partial charge in [0.15, 0.2) is 5.78 Å². The van der Waals surface area contributed by atoms with Crippen LogP contribution < -0.4 is 0 Å². The lowest BCUT2D eigenvalue weighted by atomic mass is 10.1. The van der Waals surface area contributed by atoms with Crippen LogP contribution in [0.5, 0.6) is 5.75 Å². The highest BCUT2D eigenvalue weighted by molar-refractivity contribution is 6.06. The topological polar surface area (TPSA) is 37.3 Å². The molecule has 0 aliphatic rings. The average Bonchev–Trinajstić information content (AvgIpc) is 2.37. The highest BCUT2D eigenvalue weighted by Gasteiger charge is 2.09. The lowest BCUT2D eigenvalue weighted by Gasteiger charge is -1.98. The van der Waals surface area contributed by atoms with Crippen molar-refractivity contribution in [3.63, 3.8) is 0 Å². The quantitative estimate of drug-likeness (QED) is 0.676. The van der Waals surface area contributed by atoms with Crippen molar-refractivity contribution in [1.82, 2.24) is 0 Å². The van der Waals surface area contributed by atoms with Crippen molar-refractivity contribution in [1.29, 1.82) is 0 Å². The Kier molecular flexibility index (Phi) is 3.71. The fraction of sp³-hybridized carbons (Fsp3) is 0. The molecule has 19 heavy (non-hydrogen) atoms. The van der Waals surface area contributed by atoms with Crippen LogP contribution in [0.4, 0.5) is 8.78 Å². The van der Waals surface area contributed by atoms with Gasteiger partial charge in [-0.05, 0) is 35.9 Å². The highest BCUT2D eigenvalue weighted by atomic mass is 19.1. The Bertz CT molecular complexity index is 631. The molecule has 0 aliphatic heterocycles. The SMILES string of the molecule is O=C(/C=C/c1ccc(O)cc1)c1ccc(F)cc1F. The van der Waals surface area contributed by atoms with Gasteiger partial charge in [-0.2, -0.15) is 0 Å². The zero-order chi connectivity index (χ0) is 13.8. The van der Waals surface area contributed by atoms with Gasteiger partial charge in [-0.3, -0.25) is 4.79 Å².